The van der Waals surface area contributed by atoms with E-state index >= 15 is 0 Å². The van der Waals surface area contributed by atoms with Gasteiger partial charge in [0.25, 0.3) is 0 Å². The molecule has 2 aromatic rings. The molecule has 0 bridgehead atoms. The molecule has 5 nitrogen and oxygen atoms in total. The van der Waals surface area contributed by atoms with Crippen LogP contribution < -0.4 is 10.2 Å². The van der Waals surface area contributed by atoms with E-state index in [0.29, 0.717) is 13.1 Å². The monoisotopic (exact) mass is 373 g/mol. The van der Waals surface area contributed by atoms with Crippen LogP contribution in [0.15, 0.2) is 53.3 Å². The number of aromatic nitrogens is 1. The predicted molar refractivity (Wildman–Crippen MR) is 90.7 cm³/mol. The molecule has 1 aliphatic heterocycles. The van der Waals surface area contributed by atoms with Crippen LogP contribution in [-0.2, 0) is 16.1 Å². The number of hydrogen-bond acceptors (Lipinski definition) is 3. The van der Waals surface area contributed by atoms with E-state index in [2.05, 4.69) is 26.2 Å². The lowest BCUT2D eigenvalue weighted by atomic mass is 10.1. The van der Waals surface area contributed by atoms with Gasteiger partial charge in [-0.2, -0.15) is 0 Å². The van der Waals surface area contributed by atoms with Crippen LogP contribution in [0.2, 0.25) is 0 Å². The number of anilines is 1. The zero-order chi connectivity index (χ0) is 16.2. The van der Waals surface area contributed by atoms with E-state index in [1.54, 1.807) is 17.3 Å². The highest BCUT2D eigenvalue weighted by Gasteiger charge is 2.34. The second kappa shape index (κ2) is 6.91. The van der Waals surface area contributed by atoms with Crippen LogP contribution in [0, 0.1) is 5.92 Å². The zero-order valence-electron chi connectivity index (χ0n) is 12.4. The molecule has 1 atom stereocenters. The van der Waals surface area contributed by atoms with Crippen LogP contribution in [-0.4, -0.2) is 23.3 Å². The Hall–Kier alpha value is -2.21. The number of rotatable bonds is 4. The van der Waals surface area contributed by atoms with Crippen molar-refractivity contribution < 1.29 is 9.59 Å². The van der Waals surface area contributed by atoms with Crippen molar-refractivity contribution in [2.45, 2.75) is 13.0 Å². The molecule has 2 heterocycles. The summed E-state index contributed by atoms with van der Waals surface area (Å²) in [5, 5.41) is 2.88. The van der Waals surface area contributed by atoms with Gasteiger partial charge in [0.1, 0.15) is 0 Å². The molecule has 6 heteroatoms. The molecule has 3 rings (SSSR count). The van der Waals surface area contributed by atoms with Crippen LogP contribution in [0.4, 0.5) is 5.69 Å². The molecule has 1 aliphatic rings. The quantitative estimate of drug-likeness (QED) is 0.895. The highest BCUT2D eigenvalue weighted by atomic mass is 79.9. The number of benzene rings is 1. The molecule has 0 spiro atoms. The minimum Gasteiger partial charge on any atom is -0.352 e. The van der Waals surface area contributed by atoms with E-state index in [1.165, 1.54) is 0 Å². The fraction of sp³-hybridized carbons (Fsp3) is 0.235. The molecular formula is C17H16BrN3O2. The molecule has 23 heavy (non-hydrogen) atoms. The van der Waals surface area contributed by atoms with Gasteiger partial charge in [-0.25, -0.2) is 0 Å². The van der Waals surface area contributed by atoms with Crippen LogP contribution >= 0.6 is 15.9 Å². The van der Waals surface area contributed by atoms with E-state index in [0.717, 1.165) is 15.7 Å². The van der Waals surface area contributed by atoms with Crippen LogP contribution in [0.1, 0.15) is 12.0 Å². The number of nitrogens with zero attached hydrogens (tertiary/aromatic N) is 2. The van der Waals surface area contributed by atoms with Gasteiger partial charge in [0.05, 0.1) is 5.92 Å². The van der Waals surface area contributed by atoms with Gasteiger partial charge in [-0.1, -0.05) is 22.0 Å². The molecule has 2 amide bonds. The van der Waals surface area contributed by atoms with E-state index in [9.17, 15) is 9.59 Å². The topological polar surface area (TPSA) is 62.3 Å². The molecule has 0 saturated carbocycles. The molecule has 0 unspecified atom stereocenters. The minimum absolute atomic E-state index is 0.0196. The van der Waals surface area contributed by atoms with E-state index in [4.69, 9.17) is 0 Å². The molecular weight excluding hydrogens is 358 g/mol. The lowest BCUT2D eigenvalue weighted by molar-refractivity contribution is -0.126. The Morgan fingerprint density at radius 1 is 1.30 bits per heavy atom. The number of nitrogens with one attached hydrogen (secondary N) is 1. The second-order valence-corrected chi connectivity index (χ2v) is 6.38. The summed E-state index contributed by atoms with van der Waals surface area (Å²) in [5.41, 5.74) is 1.76. The fourth-order valence-electron chi connectivity index (χ4n) is 2.59. The first-order valence-electron chi connectivity index (χ1n) is 7.36. The third-order valence-corrected chi connectivity index (χ3v) is 4.35. The third kappa shape index (κ3) is 3.76. The summed E-state index contributed by atoms with van der Waals surface area (Å²) in [6.45, 7) is 0.842. The number of carbonyl (C=O) groups is 2. The normalized spacial score (nSPS) is 17.3. The SMILES string of the molecule is O=C(NCc1cccnc1)[C@@H]1CC(=O)N(c2ccc(Br)cc2)C1. The van der Waals surface area contributed by atoms with E-state index in [1.807, 2.05) is 36.4 Å². The first-order valence-corrected chi connectivity index (χ1v) is 8.15. The second-order valence-electron chi connectivity index (χ2n) is 5.46. The molecule has 1 saturated heterocycles. The van der Waals surface area contributed by atoms with Gasteiger partial charge in [0.15, 0.2) is 0 Å². The highest BCUT2D eigenvalue weighted by Crippen LogP contribution is 2.26. The largest absolute Gasteiger partial charge is 0.352 e. The average Bonchev–Trinajstić information content (AvgIpc) is 2.96. The summed E-state index contributed by atoms with van der Waals surface area (Å²) in [5.74, 6) is -0.432. The summed E-state index contributed by atoms with van der Waals surface area (Å²) in [6.07, 6.45) is 3.65. The van der Waals surface area contributed by atoms with Crippen molar-refractivity contribution in [1.29, 1.82) is 0 Å². The average molecular weight is 374 g/mol. The number of carbonyl (C=O) groups excluding carboxylic acids is 2. The molecule has 1 fully saturated rings. The van der Waals surface area contributed by atoms with Gasteiger partial charge >= 0.3 is 0 Å². The van der Waals surface area contributed by atoms with Gasteiger partial charge in [-0.05, 0) is 35.9 Å². The third-order valence-electron chi connectivity index (χ3n) is 3.82. The van der Waals surface area contributed by atoms with Crippen molar-refractivity contribution in [3.63, 3.8) is 0 Å². The standard InChI is InChI=1S/C17H16BrN3O2/c18-14-3-5-15(6-4-14)21-11-13(8-16(21)22)17(23)20-10-12-2-1-7-19-9-12/h1-7,9,13H,8,10-11H2,(H,20,23)/t13-/m1/s1. The number of amides is 2. The molecule has 1 N–H and O–H groups in total. The van der Waals surface area contributed by atoms with Crippen molar-refractivity contribution >= 4 is 33.4 Å². The van der Waals surface area contributed by atoms with Crippen LogP contribution in [0.3, 0.4) is 0 Å². The molecule has 1 aromatic heterocycles. The number of pyridine rings is 1. The molecule has 118 valence electrons. The van der Waals surface area contributed by atoms with Crippen molar-refractivity contribution in [2.75, 3.05) is 11.4 Å². The smallest absolute Gasteiger partial charge is 0.227 e. The maximum absolute atomic E-state index is 12.3. The number of halogens is 1. The highest BCUT2D eigenvalue weighted by molar-refractivity contribution is 9.10. The Morgan fingerprint density at radius 3 is 2.78 bits per heavy atom. The molecule has 0 radical (unpaired) electrons. The Bertz CT molecular complexity index is 704. The number of hydrogen-bond donors (Lipinski definition) is 1. The zero-order valence-corrected chi connectivity index (χ0v) is 14.0. The van der Waals surface area contributed by atoms with Crippen molar-refractivity contribution in [3.8, 4) is 0 Å². The molecule has 0 aliphatic carbocycles. The van der Waals surface area contributed by atoms with Gasteiger partial charge in [0, 0.05) is 42.1 Å². The Morgan fingerprint density at radius 2 is 2.09 bits per heavy atom. The van der Waals surface area contributed by atoms with E-state index < -0.39 is 0 Å². The van der Waals surface area contributed by atoms with Crippen molar-refractivity contribution in [3.05, 3.63) is 58.8 Å². The van der Waals surface area contributed by atoms with Crippen LogP contribution in [0.5, 0.6) is 0 Å². The minimum atomic E-state index is -0.317. The summed E-state index contributed by atoms with van der Waals surface area (Å²) in [6, 6.07) is 11.3. The van der Waals surface area contributed by atoms with E-state index in [-0.39, 0.29) is 24.2 Å². The van der Waals surface area contributed by atoms with Gasteiger partial charge in [-0.15, -0.1) is 0 Å². The maximum atomic E-state index is 12.3. The lowest BCUT2D eigenvalue weighted by Crippen LogP contribution is -2.32. The lowest BCUT2D eigenvalue weighted by Gasteiger charge is -2.16. The predicted octanol–water partition coefficient (Wildman–Crippen LogP) is 2.51. The summed E-state index contributed by atoms with van der Waals surface area (Å²) in [4.78, 5) is 30.1. The summed E-state index contributed by atoms with van der Waals surface area (Å²) < 4.78 is 0.957. The Balaban J connectivity index is 1.60. The van der Waals surface area contributed by atoms with Gasteiger partial charge in [-0.3, -0.25) is 14.6 Å². The summed E-state index contributed by atoms with van der Waals surface area (Å²) in [7, 11) is 0. The van der Waals surface area contributed by atoms with Crippen molar-refractivity contribution in [2.24, 2.45) is 5.92 Å². The van der Waals surface area contributed by atoms with Gasteiger partial charge < -0.3 is 10.2 Å². The first-order chi connectivity index (χ1) is 11.1. The first kappa shape index (κ1) is 15.7. The maximum Gasteiger partial charge on any atom is 0.227 e. The van der Waals surface area contributed by atoms with Crippen molar-refractivity contribution in [1.82, 2.24) is 10.3 Å². The summed E-state index contributed by atoms with van der Waals surface area (Å²) >= 11 is 3.37. The van der Waals surface area contributed by atoms with Crippen LogP contribution in [0.25, 0.3) is 0 Å². The fourth-order valence-corrected chi connectivity index (χ4v) is 2.85. The molecule has 1 aromatic carbocycles. The Kier molecular flexibility index (Phi) is 4.71. The Labute approximate surface area is 142 Å². The van der Waals surface area contributed by atoms with Gasteiger partial charge in [0.2, 0.25) is 11.8 Å².